The highest BCUT2D eigenvalue weighted by molar-refractivity contribution is 7.14. The molecule has 1 aliphatic heterocycles. The van der Waals surface area contributed by atoms with Gasteiger partial charge < -0.3 is 15.8 Å². The lowest BCUT2D eigenvalue weighted by molar-refractivity contribution is -0.128. The van der Waals surface area contributed by atoms with Crippen LogP contribution >= 0.6 is 23.7 Å². The van der Waals surface area contributed by atoms with Crippen LogP contribution in [-0.2, 0) is 11.2 Å². The van der Waals surface area contributed by atoms with E-state index in [1.54, 1.807) is 26.0 Å². The number of nitrogens with one attached hydrogen (secondary N) is 2. The topological polar surface area (TPSA) is 142 Å². The molecule has 0 saturated carbocycles. The molecule has 1 aromatic heterocycles. The average Bonchev–Trinajstić information content (AvgIpc) is 3.39. The van der Waals surface area contributed by atoms with E-state index in [0.717, 1.165) is 10.9 Å². The Hall–Kier alpha value is -3.18. The molecule has 4 N–H and O–H groups in total. The minimum Gasteiger partial charge on any atom is -0.419 e. The van der Waals surface area contributed by atoms with Crippen LogP contribution in [-0.4, -0.2) is 36.5 Å². The third-order valence-electron chi connectivity index (χ3n) is 4.49. The summed E-state index contributed by atoms with van der Waals surface area (Å²) in [5, 5.41) is 21.2. The van der Waals surface area contributed by atoms with E-state index in [2.05, 4.69) is 20.8 Å². The first-order valence-corrected chi connectivity index (χ1v) is 10.1. The molecule has 0 atom stereocenters. The van der Waals surface area contributed by atoms with Crippen molar-refractivity contribution >= 4 is 47.2 Å². The number of hydrogen-bond donors (Lipinski definition) is 3. The van der Waals surface area contributed by atoms with Gasteiger partial charge in [0.15, 0.2) is 11.6 Å². The summed E-state index contributed by atoms with van der Waals surface area (Å²) in [6, 6.07) is 7.00. The van der Waals surface area contributed by atoms with Crippen molar-refractivity contribution in [1.82, 2.24) is 5.32 Å². The van der Waals surface area contributed by atoms with Crippen molar-refractivity contribution in [1.29, 1.82) is 5.41 Å². The van der Waals surface area contributed by atoms with Gasteiger partial charge in [0.2, 0.25) is 5.91 Å². The molecule has 1 aromatic carbocycles. The lowest BCUT2D eigenvalue weighted by Crippen LogP contribution is -2.40. The second-order valence-electron chi connectivity index (χ2n) is 7.51. The summed E-state index contributed by atoms with van der Waals surface area (Å²) in [7, 11) is 0. The number of nitrogens with two attached hydrogens (primary N) is 1. The number of thiophene rings is 1. The molecule has 0 saturated heterocycles. The minimum atomic E-state index is -0.789. The molecule has 0 fully saturated rings. The third-order valence-corrected chi connectivity index (χ3v) is 5.56. The predicted molar refractivity (Wildman–Crippen MR) is 122 cm³/mol. The molecule has 1 aliphatic rings. The first-order chi connectivity index (χ1) is 14.7. The number of carbonyl (C=O) groups is 2. The van der Waals surface area contributed by atoms with Crippen molar-refractivity contribution in [2.45, 2.75) is 20.3 Å². The molecule has 170 valence electrons. The number of hydrogen-bond acceptors (Lipinski definition) is 8. The summed E-state index contributed by atoms with van der Waals surface area (Å²) < 4.78 is 19.2. The molecule has 0 unspecified atom stereocenters. The zero-order valence-electron chi connectivity index (χ0n) is 17.3. The molecule has 0 spiro atoms. The van der Waals surface area contributed by atoms with Crippen LogP contribution in [0.15, 0.2) is 45.8 Å². The minimum absolute atomic E-state index is 0. The van der Waals surface area contributed by atoms with Gasteiger partial charge in [0.1, 0.15) is 17.3 Å². The molecule has 2 aromatic rings. The number of nitrogen functional groups attached to an aromatic ring is 1. The maximum absolute atomic E-state index is 14.1. The van der Waals surface area contributed by atoms with Gasteiger partial charge >= 0.3 is 5.97 Å². The number of benzene rings is 1. The standard InChI is InChI=1S/C20H21FN6O3S.ClH/c1-20(2,19(29)24-9-12-10-25-27-26-12)8-13-4-6-16(31-13)18(28)30-15-5-3-11(17(22)23)7-14(15)21;/h3-7H,8-10H2,1-2H3,(H3,22,23)(H,24,29);1H. The van der Waals surface area contributed by atoms with Crippen LogP contribution in [0.25, 0.3) is 0 Å². The Labute approximate surface area is 193 Å². The molecular formula is C20H22ClFN6O3S. The van der Waals surface area contributed by atoms with Gasteiger partial charge in [-0.3, -0.25) is 10.2 Å². The van der Waals surface area contributed by atoms with Crippen LogP contribution in [0, 0.1) is 16.6 Å². The van der Waals surface area contributed by atoms with Crippen LogP contribution < -0.4 is 15.8 Å². The predicted octanol–water partition coefficient (Wildman–Crippen LogP) is 3.32. The van der Waals surface area contributed by atoms with E-state index in [4.69, 9.17) is 15.9 Å². The molecule has 0 aliphatic carbocycles. The molecule has 0 radical (unpaired) electrons. The number of rotatable bonds is 8. The van der Waals surface area contributed by atoms with Gasteiger partial charge in [0, 0.05) is 15.9 Å². The van der Waals surface area contributed by atoms with Crippen molar-refractivity contribution < 1.29 is 18.7 Å². The Kier molecular flexibility index (Phi) is 8.17. The monoisotopic (exact) mass is 480 g/mol. The van der Waals surface area contributed by atoms with E-state index >= 15 is 0 Å². The first-order valence-electron chi connectivity index (χ1n) is 9.31. The number of nitrogens with zero attached hydrogens (tertiary/aromatic N) is 3. The number of esters is 1. The Balaban J connectivity index is 0.00000363. The van der Waals surface area contributed by atoms with Crippen molar-refractivity contribution in [3.63, 3.8) is 0 Å². The van der Waals surface area contributed by atoms with Crippen molar-refractivity contribution in [2.75, 3.05) is 13.1 Å². The van der Waals surface area contributed by atoms with Crippen LogP contribution in [0.3, 0.4) is 0 Å². The summed E-state index contributed by atoms with van der Waals surface area (Å²) >= 11 is 1.18. The average molecular weight is 481 g/mol. The van der Waals surface area contributed by atoms with Gasteiger partial charge in [-0.25, -0.2) is 9.18 Å². The van der Waals surface area contributed by atoms with Gasteiger partial charge in [-0.15, -0.1) is 28.8 Å². The van der Waals surface area contributed by atoms with Crippen molar-refractivity contribution in [2.24, 2.45) is 26.6 Å². The largest absolute Gasteiger partial charge is 0.419 e. The number of amides is 1. The SMILES string of the molecule is CC(C)(Cc1ccc(C(=O)Oc2ccc(C(=N)N)cc2F)s1)C(=O)NCC1=NN=NC1.Cl. The Morgan fingerprint density at radius 2 is 2.06 bits per heavy atom. The van der Waals surface area contributed by atoms with Gasteiger partial charge in [-0.2, -0.15) is 5.11 Å². The van der Waals surface area contributed by atoms with Gasteiger partial charge in [-0.1, -0.05) is 13.8 Å². The van der Waals surface area contributed by atoms with Gasteiger partial charge in [-0.05, 0) is 42.0 Å². The third kappa shape index (κ3) is 6.17. The van der Waals surface area contributed by atoms with Crippen molar-refractivity contribution in [3.05, 3.63) is 51.5 Å². The lowest BCUT2D eigenvalue weighted by atomic mass is 9.87. The Bertz CT molecular complexity index is 1100. The Morgan fingerprint density at radius 1 is 1.31 bits per heavy atom. The molecule has 2 heterocycles. The highest BCUT2D eigenvalue weighted by atomic mass is 35.5. The molecule has 9 nitrogen and oxygen atoms in total. The zero-order valence-corrected chi connectivity index (χ0v) is 19.0. The van der Waals surface area contributed by atoms with Crippen LogP contribution in [0.5, 0.6) is 5.75 Å². The molecule has 32 heavy (non-hydrogen) atoms. The summed E-state index contributed by atoms with van der Waals surface area (Å²) in [4.78, 5) is 26.0. The van der Waals surface area contributed by atoms with Crippen molar-refractivity contribution in [3.8, 4) is 5.75 Å². The zero-order chi connectivity index (χ0) is 22.6. The quantitative estimate of drug-likeness (QED) is 0.230. The summed E-state index contributed by atoms with van der Waals surface area (Å²) in [5.74, 6) is -2.19. The molecular weight excluding hydrogens is 459 g/mol. The first kappa shape index (κ1) is 25.1. The second kappa shape index (κ2) is 10.4. The fourth-order valence-electron chi connectivity index (χ4n) is 2.75. The highest BCUT2D eigenvalue weighted by Crippen LogP contribution is 2.28. The molecule has 1 amide bonds. The second-order valence-corrected chi connectivity index (χ2v) is 8.68. The summed E-state index contributed by atoms with van der Waals surface area (Å²) in [5.41, 5.74) is 5.47. The fraction of sp³-hybridized carbons (Fsp3) is 0.300. The van der Waals surface area contributed by atoms with E-state index in [-0.39, 0.29) is 46.9 Å². The molecule has 3 rings (SSSR count). The normalized spacial score (nSPS) is 12.7. The number of amidine groups is 1. The van der Waals surface area contributed by atoms with Crippen LogP contribution in [0.4, 0.5) is 4.39 Å². The summed E-state index contributed by atoms with van der Waals surface area (Å²) in [6.45, 7) is 4.27. The number of ether oxygens (including phenoxy) is 1. The van der Waals surface area contributed by atoms with E-state index in [1.807, 2.05) is 0 Å². The van der Waals surface area contributed by atoms with E-state index in [0.29, 0.717) is 18.7 Å². The smallest absolute Gasteiger partial charge is 0.353 e. The van der Waals surface area contributed by atoms with Crippen LogP contribution in [0.1, 0.15) is 34.0 Å². The maximum atomic E-state index is 14.1. The molecule has 12 heteroatoms. The summed E-state index contributed by atoms with van der Waals surface area (Å²) in [6.07, 6.45) is 0.402. The maximum Gasteiger partial charge on any atom is 0.353 e. The van der Waals surface area contributed by atoms with E-state index in [1.165, 1.54) is 23.5 Å². The van der Waals surface area contributed by atoms with Gasteiger partial charge in [0.05, 0.1) is 12.3 Å². The number of halogens is 2. The van der Waals surface area contributed by atoms with E-state index < -0.39 is 17.2 Å². The van der Waals surface area contributed by atoms with Gasteiger partial charge in [0.25, 0.3) is 0 Å². The molecule has 0 bridgehead atoms. The van der Waals surface area contributed by atoms with Crippen LogP contribution in [0.2, 0.25) is 0 Å². The van der Waals surface area contributed by atoms with E-state index in [9.17, 15) is 14.0 Å². The fourth-order valence-corrected chi connectivity index (χ4v) is 3.87. The lowest BCUT2D eigenvalue weighted by Gasteiger charge is -2.22. The number of carbonyl (C=O) groups excluding carboxylic acids is 2. The highest BCUT2D eigenvalue weighted by Gasteiger charge is 2.29. The Morgan fingerprint density at radius 3 is 2.69 bits per heavy atom.